The van der Waals surface area contributed by atoms with Crippen LogP contribution in [0, 0.1) is 0 Å². The van der Waals surface area contributed by atoms with E-state index in [4.69, 9.17) is 0 Å². The first kappa shape index (κ1) is 11.0. The van der Waals surface area contributed by atoms with E-state index in [-0.39, 0.29) is 19.0 Å². The van der Waals surface area contributed by atoms with Gasteiger partial charge in [0, 0.05) is 13.0 Å². The summed E-state index contributed by atoms with van der Waals surface area (Å²) < 4.78 is 47.3. The van der Waals surface area contributed by atoms with Crippen molar-refractivity contribution in [2.45, 2.75) is 24.8 Å². The van der Waals surface area contributed by atoms with Crippen LogP contribution < -0.4 is 5.32 Å². The minimum atomic E-state index is -4.29. The van der Waals surface area contributed by atoms with E-state index in [2.05, 4.69) is 0 Å². The van der Waals surface area contributed by atoms with Crippen LogP contribution in [0.15, 0.2) is 0 Å². The van der Waals surface area contributed by atoms with Gasteiger partial charge in [-0.25, -0.2) is 4.39 Å². The Hall–Kier alpha value is -0.0300. The van der Waals surface area contributed by atoms with Gasteiger partial charge in [-0.3, -0.25) is 0 Å². The Morgan fingerprint density at radius 3 is 2.00 bits per heavy atom. The van der Waals surface area contributed by atoms with Crippen LogP contribution in [-0.4, -0.2) is 24.9 Å². The van der Waals surface area contributed by atoms with Crippen LogP contribution in [0.4, 0.5) is 17.6 Å². The van der Waals surface area contributed by atoms with Crippen molar-refractivity contribution in [2.24, 2.45) is 0 Å². The lowest BCUT2D eigenvalue weighted by molar-refractivity contribution is -0.152. The summed E-state index contributed by atoms with van der Waals surface area (Å²) in [6.45, 7) is -0.176. The van der Waals surface area contributed by atoms with Crippen molar-refractivity contribution in [3.05, 3.63) is 0 Å². The van der Waals surface area contributed by atoms with E-state index in [0.29, 0.717) is 0 Å². The fraction of sp³-hybridized carbons (Fsp3) is 1.00. The lowest BCUT2D eigenvalue weighted by atomic mass is 10.2. The normalized spacial score (nSPS) is 31.6. The van der Waals surface area contributed by atoms with Gasteiger partial charge in [-0.15, -0.1) is 12.4 Å². The fourth-order valence-corrected chi connectivity index (χ4v) is 0.942. The van der Waals surface area contributed by atoms with E-state index in [1.54, 1.807) is 0 Å². The minimum absolute atomic E-state index is 0. The molecule has 68 valence electrons. The molecule has 0 unspecified atom stereocenters. The van der Waals surface area contributed by atoms with Crippen LogP contribution in [0.3, 0.4) is 0 Å². The number of rotatable bonds is 0. The van der Waals surface area contributed by atoms with Crippen LogP contribution in [0.5, 0.6) is 0 Å². The van der Waals surface area contributed by atoms with E-state index in [9.17, 15) is 17.6 Å². The highest BCUT2D eigenvalue weighted by Gasteiger charge is 2.44. The Morgan fingerprint density at radius 1 is 1.27 bits per heavy atom. The molecule has 1 heterocycles. The second kappa shape index (κ2) is 3.58. The molecule has 0 aliphatic carbocycles. The van der Waals surface area contributed by atoms with Gasteiger partial charge in [0.15, 0.2) is 0 Å². The maximum atomic E-state index is 12.1. The Labute approximate surface area is 67.6 Å². The SMILES string of the molecule is Cl.F[C@@H]1CN[C@H](C(F)(F)F)C1. The molecule has 1 fully saturated rings. The molecule has 0 radical (unpaired) electrons. The Balaban J connectivity index is 0.000001000. The molecule has 0 aromatic heterocycles. The third-order valence-electron chi connectivity index (χ3n) is 1.47. The summed E-state index contributed by atoms with van der Waals surface area (Å²) in [5.74, 6) is 0. The first-order valence-corrected chi connectivity index (χ1v) is 2.94. The molecule has 2 atom stereocenters. The summed E-state index contributed by atoms with van der Waals surface area (Å²) in [5.41, 5.74) is 0. The zero-order valence-corrected chi connectivity index (χ0v) is 6.31. The molecule has 1 saturated heterocycles. The predicted molar refractivity (Wildman–Crippen MR) is 34.6 cm³/mol. The summed E-state index contributed by atoms with van der Waals surface area (Å²) in [6, 6.07) is -1.64. The molecule has 1 aliphatic rings. The maximum Gasteiger partial charge on any atom is 0.403 e. The molecule has 1 nitrogen and oxygen atoms in total. The minimum Gasteiger partial charge on any atom is -0.303 e. The maximum absolute atomic E-state index is 12.1. The summed E-state index contributed by atoms with van der Waals surface area (Å²) >= 11 is 0. The highest BCUT2D eigenvalue weighted by Crippen LogP contribution is 2.27. The van der Waals surface area contributed by atoms with Gasteiger partial charge >= 0.3 is 6.18 Å². The van der Waals surface area contributed by atoms with Gasteiger partial charge in [0.05, 0.1) is 0 Å². The summed E-state index contributed by atoms with van der Waals surface area (Å²) in [5, 5.41) is 2.05. The number of hydrogen-bond acceptors (Lipinski definition) is 1. The van der Waals surface area contributed by atoms with Crippen molar-refractivity contribution >= 4 is 12.4 Å². The topological polar surface area (TPSA) is 12.0 Å². The standard InChI is InChI=1S/C5H7F4N.ClH/c6-3-1-4(10-2-3)5(7,8)9;/h3-4,10H,1-2H2;1H/t3-,4-;/m0./s1. The molecular weight excluding hydrogens is 186 g/mol. The van der Waals surface area contributed by atoms with Crippen molar-refractivity contribution in [3.63, 3.8) is 0 Å². The molecular formula is C5H8ClF4N. The molecule has 0 spiro atoms. The first-order valence-electron chi connectivity index (χ1n) is 2.94. The van der Waals surface area contributed by atoms with E-state index in [0.717, 1.165) is 0 Å². The van der Waals surface area contributed by atoms with E-state index < -0.39 is 24.8 Å². The zero-order chi connectivity index (χ0) is 7.78. The predicted octanol–water partition coefficient (Wildman–Crippen LogP) is 1.67. The average Bonchev–Trinajstić information content (AvgIpc) is 2.11. The Kier molecular flexibility index (Phi) is 3.57. The van der Waals surface area contributed by atoms with Gasteiger partial charge in [-0.05, 0) is 0 Å². The van der Waals surface area contributed by atoms with Crippen molar-refractivity contribution in [1.29, 1.82) is 0 Å². The Morgan fingerprint density at radius 2 is 1.82 bits per heavy atom. The third kappa shape index (κ3) is 2.83. The smallest absolute Gasteiger partial charge is 0.303 e. The van der Waals surface area contributed by atoms with Gasteiger partial charge in [-0.1, -0.05) is 0 Å². The Bertz CT molecular complexity index is 126. The van der Waals surface area contributed by atoms with E-state index >= 15 is 0 Å². The lowest BCUT2D eigenvalue weighted by Gasteiger charge is -2.13. The summed E-state index contributed by atoms with van der Waals surface area (Å²) in [7, 11) is 0. The van der Waals surface area contributed by atoms with Crippen molar-refractivity contribution in [2.75, 3.05) is 6.54 Å². The lowest BCUT2D eigenvalue weighted by Crippen LogP contribution is -2.36. The molecule has 6 heteroatoms. The van der Waals surface area contributed by atoms with Gasteiger partial charge in [-0.2, -0.15) is 13.2 Å². The second-order valence-electron chi connectivity index (χ2n) is 2.34. The van der Waals surface area contributed by atoms with Crippen LogP contribution in [-0.2, 0) is 0 Å². The molecule has 0 amide bonds. The molecule has 1 rings (SSSR count). The summed E-state index contributed by atoms with van der Waals surface area (Å²) in [4.78, 5) is 0. The van der Waals surface area contributed by atoms with Crippen LogP contribution in [0.25, 0.3) is 0 Å². The monoisotopic (exact) mass is 193 g/mol. The molecule has 1 aliphatic heterocycles. The van der Waals surface area contributed by atoms with Crippen LogP contribution in [0.2, 0.25) is 0 Å². The first-order chi connectivity index (χ1) is 4.50. The molecule has 11 heavy (non-hydrogen) atoms. The molecule has 0 aromatic rings. The van der Waals surface area contributed by atoms with Crippen molar-refractivity contribution in [3.8, 4) is 0 Å². The fourth-order valence-electron chi connectivity index (χ4n) is 0.942. The van der Waals surface area contributed by atoms with Crippen LogP contribution >= 0.6 is 12.4 Å². The van der Waals surface area contributed by atoms with Crippen molar-refractivity contribution < 1.29 is 17.6 Å². The largest absolute Gasteiger partial charge is 0.403 e. The quantitative estimate of drug-likeness (QED) is 0.577. The van der Waals surface area contributed by atoms with Gasteiger partial charge in [0.2, 0.25) is 0 Å². The highest BCUT2D eigenvalue weighted by molar-refractivity contribution is 5.85. The van der Waals surface area contributed by atoms with E-state index in [1.807, 2.05) is 5.32 Å². The van der Waals surface area contributed by atoms with Gasteiger partial charge in [0.25, 0.3) is 0 Å². The number of nitrogens with one attached hydrogen (secondary N) is 1. The van der Waals surface area contributed by atoms with Crippen LogP contribution in [0.1, 0.15) is 6.42 Å². The summed E-state index contributed by atoms with van der Waals surface area (Å²) in [6.07, 6.45) is -6.07. The number of alkyl halides is 4. The molecule has 0 aromatic carbocycles. The zero-order valence-electron chi connectivity index (χ0n) is 5.49. The van der Waals surface area contributed by atoms with Crippen molar-refractivity contribution in [1.82, 2.24) is 5.32 Å². The van der Waals surface area contributed by atoms with E-state index in [1.165, 1.54) is 0 Å². The number of hydrogen-bond donors (Lipinski definition) is 1. The molecule has 0 bridgehead atoms. The highest BCUT2D eigenvalue weighted by atomic mass is 35.5. The average molecular weight is 194 g/mol. The number of halogens is 5. The third-order valence-corrected chi connectivity index (χ3v) is 1.47. The van der Waals surface area contributed by atoms with Gasteiger partial charge < -0.3 is 5.32 Å². The molecule has 1 N–H and O–H groups in total. The molecule has 0 saturated carbocycles. The van der Waals surface area contributed by atoms with Gasteiger partial charge in [0.1, 0.15) is 12.2 Å². The second-order valence-corrected chi connectivity index (χ2v) is 2.34.